The Hall–Kier alpha value is -0.850. The van der Waals surface area contributed by atoms with Gasteiger partial charge in [0.05, 0.1) is 27.3 Å². The molecule has 0 radical (unpaired) electrons. The van der Waals surface area contributed by atoms with Crippen LogP contribution in [0.1, 0.15) is 0 Å². The largest absolute Gasteiger partial charge is 0.507 e. The number of hydrogen-bond donors (Lipinski definition) is 2. The first-order valence-electron chi connectivity index (χ1n) is 4.58. The number of aromatic hydroxyl groups is 1. The summed E-state index contributed by atoms with van der Waals surface area (Å²) in [5.41, 5.74) is 6.46. The van der Waals surface area contributed by atoms with Crippen LogP contribution in [0.4, 0.5) is 5.69 Å². The molecule has 0 aliphatic carbocycles. The van der Waals surface area contributed by atoms with Gasteiger partial charge in [0.25, 0.3) is 0 Å². The van der Waals surface area contributed by atoms with E-state index in [0.29, 0.717) is 21.6 Å². The number of aliphatic imine (C=N–C) groups is 1. The van der Waals surface area contributed by atoms with Gasteiger partial charge in [-0.1, -0.05) is 0 Å². The van der Waals surface area contributed by atoms with Gasteiger partial charge in [-0.25, -0.2) is 4.99 Å². The molecule has 6 heteroatoms. The highest BCUT2D eigenvalue weighted by Gasteiger charge is 2.20. The smallest absolute Gasteiger partial charge is 0.191 e. The van der Waals surface area contributed by atoms with Gasteiger partial charge in [-0.3, -0.25) is 4.79 Å². The third kappa shape index (κ3) is 2.00. The van der Waals surface area contributed by atoms with Gasteiger partial charge >= 0.3 is 0 Å². The number of carbonyl (C=O) groups is 1. The lowest BCUT2D eigenvalue weighted by atomic mass is 10.2. The van der Waals surface area contributed by atoms with E-state index in [9.17, 15) is 9.90 Å². The number of fused-ring (bicyclic) bond motifs is 1. The monoisotopic (exact) mass is 300 g/mol. The molecule has 2 rings (SSSR count). The predicted octanol–water partition coefficient (Wildman–Crippen LogP) is 1.86. The molecule has 16 heavy (non-hydrogen) atoms. The van der Waals surface area contributed by atoms with Crippen molar-refractivity contribution in [2.75, 3.05) is 12.3 Å². The van der Waals surface area contributed by atoms with Crippen LogP contribution in [0, 0.1) is 0 Å². The van der Waals surface area contributed by atoms with Crippen molar-refractivity contribution < 1.29 is 9.90 Å². The fraction of sp³-hybridized carbons (Fsp3) is 0.200. The zero-order chi connectivity index (χ0) is 11.7. The van der Waals surface area contributed by atoms with E-state index in [-0.39, 0.29) is 18.1 Å². The first kappa shape index (κ1) is 11.6. The van der Waals surface area contributed by atoms with Crippen LogP contribution in [-0.4, -0.2) is 28.9 Å². The van der Waals surface area contributed by atoms with E-state index in [4.69, 9.17) is 5.73 Å². The topological polar surface area (TPSA) is 75.7 Å². The van der Waals surface area contributed by atoms with Crippen molar-refractivity contribution in [3.05, 3.63) is 16.6 Å². The summed E-state index contributed by atoms with van der Waals surface area (Å²) in [6.07, 6.45) is 0. The van der Waals surface area contributed by atoms with E-state index in [1.165, 1.54) is 11.8 Å². The van der Waals surface area contributed by atoms with Gasteiger partial charge in [0, 0.05) is 5.75 Å². The summed E-state index contributed by atoms with van der Waals surface area (Å²) in [4.78, 5) is 16.5. The van der Waals surface area contributed by atoms with E-state index in [1.807, 2.05) is 0 Å². The quantitative estimate of drug-likeness (QED) is 0.874. The lowest BCUT2D eigenvalue weighted by molar-refractivity contribution is -0.111. The van der Waals surface area contributed by atoms with E-state index in [2.05, 4.69) is 20.9 Å². The second-order valence-electron chi connectivity index (χ2n) is 3.22. The van der Waals surface area contributed by atoms with Crippen LogP contribution in [0.15, 0.2) is 26.5 Å². The number of phenols is 1. The maximum atomic E-state index is 11.4. The van der Waals surface area contributed by atoms with Crippen LogP contribution in [0.2, 0.25) is 0 Å². The maximum absolute atomic E-state index is 11.4. The van der Waals surface area contributed by atoms with Crippen molar-refractivity contribution in [1.82, 2.24) is 0 Å². The van der Waals surface area contributed by atoms with Crippen LogP contribution < -0.4 is 5.73 Å². The molecule has 0 saturated carbocycles. The highest BCUT2D eigenvalue weighted by atomic mass is 79.9. The number of thioether (sulfide) groups is 1. The summed E-state index contributed by atoms with van der Waals surface area (Å²) in [6.45, 7) is -0.0199. The fourth-order valence-corrected chi connectivity index (χ4v) is 3.02. The third-order valence-corrected chi connectivity index (χ3v) is 4.36. The van der Waals surface area contributed by atoms with Crippen LogP contribution >= 0.6 is 27.7 Å². The van der Waals surface area contributed by atoms with Gasteiger partial charge in [-0.15, -0.1) is 11.8 Å². The summed E-state index contributed by atoms with van der Waals surface area (Å²) in [5.74, 6) is 0.530. The maximum Gasteiger partial charge on any atom is 0.191 e. The summed E-state index contributed by atoms with van der Waals surface area (Å²) >= 11 is 4.76. The lowest BCUT2D eigenvalue weighted by Gasteiger charge is -2.15. The molecular formula is C10H9BrN2O2S. The minimum Gasteiger partial charge on any atom is -0.507 e. The summed E-state index contributed by atoms with van der Waals surface area (Å²) in [7, 11) is 0. The molecule has 84 valence electrons. The van der Waals surface area contributed by atoms with Crippen molar-refractivity contribution in [3.63, 3.8) is 0 Å². The normalized spacial score (nSPS) is 14.2. The molecule has 0 bridgehead atoms. The second-order valence-corrected chi connectivity index (χ2v) is 5.00. The van der Waals surface area contributed by atoms with Crippen LogP contribution in [0.3, 0.4) is 0 Å². The third-order valence-electron chi connectivity index (χ3n) is 2.17. The Balaban J connectivity index is 2.46. The SMILES string of the molecule is NCC(=O)C1=Nc2ccc(O)c(Br)c2SC1. The van der Waals surface area contributed by atoms with Crippen LogP contribution in [0.5, 0.6) is 5.75 Å². The molecule has 0 spiro atoms. The molecule has 1 aliphatic heterocycles. The molecule has 0 fully saturated rings. The summed E-state index contributed by atoms with van der Waals surface area (Å²) in [5, 5.41) is 9.50. The number of rotatable bonds is 2. The van der Waals surface area contributed by atoms with Crippen LogP contribution in [0.25, 0.3) is 0 Å². The number of benzene rings is 1. The van der Waals surface area contributed by atoms with Crippen molar-refractivity contribution in [3.8, 4) is 5.75 Å². The molecule has 0 atom stereocenters. The Kier molecular flexibility index (Phi) is 3.32. The molecule has 1 aliphatic rings. The zero-order valence-corrected chi connectivity index (χ0v) is 10.6. The molecule has 1 heterocycles. The van der Waals surface area contributed by atoms with Gasteiger partial charge in [0.15, 0.2) is 5.78 Å². The second kappa shape index (κ2) is 4.57. The van der Waals surface area contributed by atoms with E-state index in [0.717, 1.165) is 4.90 Å². The number of hydrogen-bond acceptors (Lipinski definition) is 5. The molecule has 0 saturated heterocycles. The average Bonchev–Trinajstić information content (AvgIpc) is 2.32. The average molecular weight is 301 g/mol. The van der Waals surface area contributed by atoms with Gasteiger partial charge in [-0.2, -0.15) is 0 Å². The number of nitrogens with zero attached hydrogens (tertiary/aromatic N) is 1. The molecule has 4 nitrogen and oxygen atoms in total. The Morgan fingerprint density at radius 1 is 1.62 bits per heavy atom. The molecular weight excluding hydrogens is 292 g/mol. The molecule has 0 amide bonds. The van der Waals surface area contributed by atoms with E-state index >= 15 is 0 Å². The minimum absolute atomic E-state index is 0.0199. The first-order chi connectivity index (χ1) is 7.63. The Labute approximate surface area is 105 Å². The molecule has 3 N–H and O–H groups in total. The zero-order valence-electron chi connectivity index (χ0n) is 8.24. The number of ketones is 1. The Morgan fingerprint density at radius 2 is 2.38 bits per heavy atom. The predicted molar refractivity (Wildman–Crippen MR) is 67.7 cm³/mol. The highest BCUT2D eigenvalue weighted by Crippen LogP contribution is 2.43. The number of halogens is 1. The van der Waals surface area contributed by atoms with E-state index in [1.54, 1.807) is 12.1 Å². The molecule has 0 aromatic heterocycles. The van der Waals surface area contributed by atoms with E-state index < -0.39 is 0 Å². The molecule has 1 aromatic carbocycles. The fourth-order valence-electron chi connectivity index (χ4n) is 1.34. The molecule has 0 unspecified atom stereocenters. The highest BCUT2D eigenvalue weighted by molar-refractivity contribution is 9.10. The standard InChI is InChI=1S/C10H9BrN2O2S/c11-9-7(14)2-1-5-10(9)16-4-6(13-5)8(15)3-12/h1-2,14H,3-4,12H2. The van der Waals surface area contributed by atoms with Crippen LogP contribution in [-0.2, 0) is 4.79 Å². The number of phenolic OH excluding ortho intramolecular Hbond substituents is 1. The van der Waals surface area contributed by atoms with Crippen molar-refractivity contribution in [1.29, 1.82) is 0 Å². The Morgan fingerprint density at radius 3 is 3.06 bits per heavy atom. The number of carbonyl (C=O) groups excluding carboxylic acids is 1. The van der Waals surface area contributed by atoms with Crippen molar-refractivity contribution in [2.45, 2.75) is 4.90 Å². The summed E-state index contributed by atoms with van der Waals surface area (Å²) < 4.78 is 0.623. The van der Waals surface area contributed by atoms with Crippen molar-refractivity contribution in [2.24, 2.45) is 10.7 Å². The van der Waals surface area contributed by atoms with Gasteiger partial charge in [0.1, 0.15) is 5.75 Å². The number of Topliss-reactive ketones (excluding diaryl/α,β-unsaturated/α-hetero) is 1. The first-order valence-corrected chi connectivity index (χ1v) is 6.36. The van der Waals surface area contributed by atoms with Gasteiger partial charge < -0.3 is 10.8 Å². The Bertz CT molecular complexity index is 488. The minimum atomic E-state index is -0.137. The van der Waals surface area contributed by atoms with Gasteiger partial charge in [0.2, 0.25) is 0 Å². The summed E-state index contributed by atoms with van der Waals surface area (Å²) in [6, 6.07) is 3.23. The van der Waals surface area contributed by atoms with Crippen molar-refractivity contribution >= 4 is 44.9 Å². The molecule has 1 aromatic rings. The van der Waals surface area contributed by atoms with Gasteiger partial charge in [-0.05, 0) is 28.1 Å². The number of nitrogens with two attached hydrogens (primary N) is 1. The lowest BCUT2D eigenvalue weighted by Crippen LogP contribution is -2.26.